The van der Waals surface area contributed by atoms with Crippen LogP contribution in [0.3, 0.4) is 0 Å². The molecule has 0 bridgehead atoms. The molecule has 0 amide bonds. The molecule has 0 radical (unpaired) electrons. The lowest BCUT2D eigenvalue weighted by atomic mass is 9.85. The topological polar surface area (TPSA) is 37.3 Å². The molecule has 0 fully saturated rings. The maximum absolute atomic E-state index is 13.2. The minimum absolute atomic E-state index is 4.72. The highest BCUT2D eigenvalue weighted by Crippen LogP contribution is 2.63. The van der Waals surface area contributed by atoms with Gasteiger partial charge in [-0.1, -0.05) is 0 Å². The van der Waals surface area contributed by atoms with Crippen molar-refractivity contribution in [3.05, 3.63) is 0 Å². The van der Waals surface area contributed by atoms with E-state index < -0.39 is 53.6 Å². The Bertz CT molecular complexity index is 613. The molecule has 0 heterocycles. The molecule has 1 atom stereocenters. The molecule has 0 aliphatic carbocycles. The number of hydrogen-bond acceptors (Lipinski definition) is 1. The molecule has 0 aromatic rings. The largest absolute Gasteiger partial charge is 0.478 e. The standard InChI is InChI=1S/C9HF17O2/c10-2(1(27)28,8(21,22)23)3(11,12)4(13,14)5(15,16)6(17,18)7(19,20)9(24,25)26/h(H,27,28). The van der Waals surface area contributed by atoms with E-state index in [2.05, 4.69) is 0 Å². The lowest BCUT2D eigenvalue weighted by Crippen LogP contribution is -2.76. The highest BCUT2D eigenvalue weighted by Gasteiger charge is 2.96. The minimum Gasteiger partial charge on any atom is -0.478 e. The summed E-state index contributed by atoms with van der Waals surface area (Å²) in [4.78, 5) is 10.0. The van der Waals surface area contributed by atoms with Crippen molar-refractivity contribution in [2.45, 2.75) is 47.6 Å². The Kier molecular flexibility index (Phi) is 5.76. The van der Waals surface area contributed by atoms with Crippen LogP contribution in [-0.2, 0) is 4.79 Å². The number of carboxylic acids is 1. The molecule has 0 saturated carbocycles. The molecule has 0 aromatic heterocycles. The van der Waals surface area contributed by atoms with Gasteiger partial charge in [0.1, 0.15) is 0 Å². The summed E-state index contributed by atoms with van der Waals surface area (Å²) in [6.45, 7) is 0. The third kappa shape index (κ3) is 2.91. The second-order valence-corrected chi connectivity index (χ2v) is 4.83. The van der Waals surface area contributed by atoms with Gasteiger partial charge >= 0.3 is 53.6 Å². The maximum Gasteiger partial charge on any atom is 0.460 e. The monoisotopic (exact) mass is 464 g/mol. The van der Waals surface area contributed by atoms with Crippen molar-refractivity contribution in [1.82, 2.24) is 0 Å². The van der Waals surface area contributed by atoms with Gasteiger partial charge in [0.25, 0.3) is 0 Å². The molecular formula is C9HF17O2. The molecule has 19 heteroatoms. The molecule has 0 aliphatic rings. The Labute approximate surface area is 139 Å². The van der Waals surface area contributed by atoms with Gasteiger partial charge in [0.15, 0.2) is 0 Å². The molecule has 2 nitrogen and oxygen atoms in total. The number of hydrogen-bond donors (Lipinski definition) is 1. The van der Waals surface area contributed by atoms with Crippen molar-refractivity contribution >= 4 is 5.97 Å². The van der Waals surface area contributed by atoms with Crippen LogP contribution in [0.1, 0.15) is 0 Å². The highest BCUT2D eigenvalue weighted by molar-refractivity contribution is 5.80. The Balaban J connectivity index is 6.92. The average Bonchev–Trinajstić information content (AvgIpc) is 2.42. The summed E-state index contributed by atoms with van der Waals surface area (Å²) < 4.78 is 214. The van der Waals surface area contributed by atoms with Crippen molar-refractivity contribution in [2.24, 2.45) is 0 Å². The fourth-order valence-corrected chi connectivity index (χ4v) is 1.42. The van der Waals surface area contributed by atoms with E-state index >= 15 is 0 Å². The third-order valence-electron chi connectivity index (χ3n) is 3.05. The zero-order valence-corrected chi connectivity index (χ0v) is 11.8. The summed E-state index contributed by atoms with van der Waals surface area (Å²) >= 11 is 0. The molecule has 28 heavy (non-hydrogen) atoms. The Morgan fingerprint density at radius 1 is 0.429 bits per heavy atom. The average molecular weight is 464 g/mol. The zero-order valence-electron chi connectivity index (χ0n) is 11.8. The van der Waals surface area contributed by atoms with Gasteiger partial charge in [-0.3, -0.25) is 0 Å². The van der Waals surface area contributed by atoms with Crippen LogP contribution in [-0.4, -0.2) is 58.7 Å². The van der Waals surface area contributed by atoms with Gasteiger partial charge in [0.2, 0.25) is 0 Å². The van der Waals surface area contributed by atoms with Crippen LogP contribution in [0.25, 0.3) is 0 Å². The summed E-state index contributed by atoms with van der Waals surface area (Å²) in [6.07, 6.45) is -15.6. The molecule has 0 aliphatic heterocycles. The van der Waals surface area contributed by atoms with Crippen LogP contribution in [0.4, 0.5) is 74.6 Å². The van der Waals surface area contributed by atoms with E-state index in [0.717, 1.165) is 0 Å². The summed E-state index contributed by atoms with van der Waals surface area (Å²) in [5, 5.41) is 7.76. The van der Waals surface area contributed by atoms with Crippen molar-refractivity contribution in [3.8, 4) is 0 Å². The molecule has 168 valence electrons. The normalized spacial score (nSPS) is 18.0. The molecule has 0 aromatic carbocycles. The summed E-state index contributed by atoms with van der Waals surface area (Å²) in [6, 6.07) is 0. The van der Waals surface area contributed by atoms with Gasteiger partial charge in [-0.05, 0) is 0 Å². The Hall–Kier alpha value is -1.72. The third-order valence-corrected chi connectivity index (χ3v) is 3.05. The highest BCUT2D eigenvalue weighted by atomic mass is 19.4. The van der Waals surface area contributed by atoms with E-state index in [-0.39, 0.29) is 0 Å². The first-order valence-electron chi connectivity index (χ1n) is 5.64. The van der Waals surface area contributed by atoms with Gasteiger partial charge < -0.3 is 5.11 Å². The van der Waals surface area contributed by atoms with Gasteiger partial charge in [-0.2, -0.15) is 70.2 Å². The first-order chi connectivity index (χ1) is 11.7. The number of rotatable bonds is 6. The summed E-state index contributed by atoms with van der Waals surface area (Å²) in [5.41, 5.74) is -7.81. The fourth-order valence-electron chi connectivity index (χ4n) is 1.42. The summed E-state index contributed by atoms with van der Waals surface area (Å²) in [7, 11) is 0. The maximum atomic E-state index is 13.2. The lowest BCUT2D eigenvalue weighted by molar-refractivity contribution is -0.453. The number of alkyl halides is 17. The predicted molar refractivity (Wildman–Crippen MR) is 48.3 cm³/mol. The van der Waals surface area contributed by atoms with Crippen molar-refractivity contribution < 1.29 is 84.5 Å². The van der Waals surface area contributed by atoms with Gasteiger partial charge in [-0.25, -0.2) is 9.18 Å². The van der Waals surface area contributed by atoms with E-state index in [9.17, 15) is 79.4 Å². The number of carbonyl (C=O) groups is 1. The first-order valence-corrected chi connectivity index (χ1v) is 5.64. The molecular weight excluding hydrogens is 463 g/mol. The predicted octanol–water partition coefficient (Wildman–Crippen LogP) is 5.08. The van der Waals surface area contributed by atoms with Crippen LogP contribution in [0, 0.1) is 0 Å². The number of carboxylic acid groups (broad SMARTS) is 1. The smallest absolute Gasteiger partial charge is 0.460 e. The summed E-state index contributed by atoms with van der Waals surface area (Å²) in [5.74, 6) is -47.6. The quantitative estimate of drug-likeness (QED) is 0.557. The van der Waals surface area contributed by atoms with Crippen LogP contribution in [0.2, 0.25) is 0 Å². The second-order valence-electron chi connectivity index (χ2n) is 4.83. The zero-order chi connectivity index (χ0) is 23.6. The Morgan fingerprint density at radius 3 is 0.893 bits per heavy atom. The fraction of sp³-hybridized carbons (Fsp3) is 0.889. The van der Waals surface area contributed by atoms with E-state index in [0.29, 0.717) is 0 Å². The van der Waals surface area contributed by atoms with Gasteiger partial charge in [-0.15, -0.1) is 0 Å². The number of aliphatic carboxylic acids is 1. The van der Waals surface area contributed by atoms with Gasteiger partial charge in [0.05, 0.1) is 0 Å². The first kappa shape index (κ1) is 26.3. The van der Waals surface area contributed by atoms with Crippen LogP contribution in [0.5, 0.6) is 0 Å². The molecule has 1 unspecified atom stereocenters. The van der Waals surface area contributed by atoms with E-state index in [1.165, 1.54) is 0 Å². The molecule has 0 rings (SSSR count). The van der Waals surface area contributed by atoms with Crippen molar-refractivity contribution in [2.75, 3.05) is 0 Å². The van der Waals surface area contributed by atoms with Crippen LogP contribution in [0.15, 0.2) is 0 Å². The SMILES string of the molecule is O=C(O)C(F)(C(F)(F)F)C(F)(F)C(F)(F)C(F)(F)C(F)(F)C(F)(F)C(F)(F)F. The van der Waals surface area contributed by atoms with E-state index in [1.807, 2.05) is 0 Å². The molecule has 1 N–H and O–H groups in total. The number of halogens is 17. The van der Waals surface area contributed by atoms with Crippen molar-refractivity contribution in [1.29, 1.82) is 0 Å². The molecule has 0 saturated heterocycles. The van der Waals surface area contributed by atoms with E-state index in [4.69, 9.17) is 5.11 Å². The van der Waals surface area contributed by atoms with Crippen LogP contribution >= 0.6 is 0 Å². The molecule has 0 spiro atoms. The second kappa shape index (κ2) is 6.14. The van der Waals surface area contributed by atoms with E-state index in [1.54, 1.807) is 0 Å². The van der Waals surface area contributed by atoms with Crippen molar-refractivity contribution in [3.63, 3.8) is 0 Å². The Morgan fingerprint density at radius 2 is 0.679 bits per heavy atom. The van der Waals surface area contributed by atoms with Gasteiger partial charge in [0, 0.05) is 0 Å². The lowest BCUT2D eigenvalue weighted by Gasteiger charge is -2.42. The van der Waals surface area contributed by atoms with Crippen LogP contribution < -0.4 is 0 Å². The minimum atomic E-state index is -8.76.